The van der Waals surface area contributed by atoms with E-state index in [1.54, 1.807) is 0 Å². The van der Waals surface area contributed by atoms with E-state index in [0.29, 0.717) is 12.1 Å². The number of benzene rings is 1. The average molecular weight is 414 g/mol. The highest BCUT2D eigenvalue weighted by Crippen LogP contribution is 2.34. The van der Waals surface area contributed by atoms with Crippen molar-refractivity contribution in [1.82, 2.24) is 0 Å². The molecule has 0 saturated carbocycles. The molecule has 0 aromatic heterocycles. The van der Waals surface area contributed by atoms with Gasteiger partial charge in [0, 0.05) is 16.7 Å². The number of halogens is 4. The Hall–Kier alpha value is -0.750. The molecule has 0 aliphatic heterocycles. The molecule has 6 nitrogen and oxygen atoms in total. The van der Waals surface area contributed by atoms with Crippen molar-refractivity contribution in [2.45, 2.75) is 11.5 Å². The van der Waals surface area contributed by atoms with Crippen molar-refractivity contribution in [2.24, 2.45) is 0 Å². The third kappa shape index (κ3) is 3.62. The smallest absolute Gasteiger partial charge is 0.387 e. The van der Waals surface area contributed by atoms with Crippen molar-refractivity contribution >= 4 is 48.0 Å². The Morgan fingerprint density at radius 3 is 2.39 bits per heavy atom. The number of ether oxygens (including phenoxy) is 1. The van der Waals surface area contributed by atoms with Crippen molar-refractivity contribution < 1.29 is 26.9 Å². The Morgan fingerprint density at radius 2 is 2.00 bits per heavy atom. The number of hydrogen-bond acceptors (Lipinski definition) is 5. The summed E-state index contributed by atoms with van der Waals surface area (Å²) in [6.45, 7) is -3.24. The predicted octanol–water partition coefficient (Wildman–Crippen LogP) is 2.73. The summed E-state index contributed by atoms with van der Waals surface area (Å²) in [6, 6.07) is 1.39. The fraction of sp³-hybridized carbons (Fsp3) is 0.143. The van der Waals surface area contributed by atoms with Gasteiger partial charge in [-0.3, -0.25) is 10.1 Å². The average Bonchev–Trinajstić information content (AvgIpc) is 2.17. The lowest BCUT2D eigenvalue weighted by atomic mass is 10.3. The van der Waals surface area contributed by atoms with Crippen LogP contribution in [0.4, 0.5) is 14.5 Å². The molecule has 1 aromatic carbocycles. The summed E-state index contributed by atoms with van der Waals surface area (Å²) in [6.07, 6.45) is 0. The van der Waals surface area contributed by atoms with E-state index in [9.17, 15) is 27.3 Å². The molecule has 0 spiro atoms. The maximum Gasteiger partial charge on any atom is 0.387 e. The zero-order valence-corrected chi connectivity index (χ0v) is 11.9. The molecule has 0 aliphatic rings. The molecule has 0 N–H and O–H groups in total. The predicted molar refractivity (Wildman–Crippen MR) is 65.5 cm³/mol. The fourth-order valence-corrected chi connectivity index (χ4v) is 3.75. The Morgan fingerprint density at radius 1 is 1.44 bits per heavy atom. The van der Waals surface area contributed by atoms with Crippen LogP contribution in [0.5, 0.6) is 5.75 Å². The molecule has 0 atom stereocenters. The van der Waals surface area contributed by atoms with Gasteiger partial charge >= 0.3 is 6.61 Å². The highest BCUT2D eigenvalue weighted by molar-refractivity contribution is 14.1. The van der Waals surface area contributed by atoms with Crippen molar-refractivity contribution in [2.75, 3.05) is 0 Å². The molecule has 1 aromatic rings. The van der Waals surface area contributed by atoms with Crippen LogP contribution in [0.25, 0.3) is 0 Å². The van der Waals surface area contributed by atoms with Crippen LogP contribution in [0, 0.1) is 13.7 Å². The van der Waals surface area contributed by atoms with Gasteiger partial charge in [-0.15, -0.1) is 0 Å². The van der Waals surface area contributed by atoms with Gasteiger partial charge in [0.25, 0.3) is 14.7 Å². The van der Waals surface area contributed by atoms with Gasteiger partial charge in [-0.1, -0.05) is 0 Å². The lowest BCUT2D eigenvalue weighted by Gasteiger charge is -2.07. The van der Waals surface area contributed by atoms with Crippen LogP contribution in [-0.2, 0) is 9.05 Å². The van der Waals surface area contributed by atoms with Crippen molar-refractivity contribution in [1.29, 1.82) is 0 Å². The van der Waals surface area contributed by atoms with E-state index in [4.69, 9.17) is 10.7 Å². The first-order chi connectivity index (χ1) is 8.12. The largest absolute Gasteiger partial charge is 0.435 e. The zero-order valence-electron chi connectivity index (χ0n) is 8.14. The van der Waals surface area contributed by atoms with Crippen LogP contribution in [0.3, 0.4) is 0 Å². The third-order valence-corrected chi connectivity index (χ3v) is 4.52. The van der Waals surface area contributed by atoms with E-state index < -0.39 is 36.9 Å². The van der Waals surface area contributed by atoms with Gasteiger partial charge in [0.1, 0.15) is 14.2 Å². The molecule has 0 amide bonds. The molecule has 18 heavy (non-hydrogen) atoms. The monoisotopic (exact) mass is 413 g/mol. The first-order valence-electron chi connectivity index (χ1n) is 4.00. The van der Waals surface area contributed by atoms with Crippen molar-refractivity contribution in [3.05, 3.63) is 25.8 Å². The number of hydrogen-bond donors (Lipinski definition) is 0. The number of rotatable bonds is 4. The number of alkyl halides is 2. The topological polar surface area (TPSA) is 86.5 Å². The van der Waals surface area contributed by atoms with Crippen molar-refractivity contribution in [3.8, 4) is 5.75 Å². The zero-order chi connectivity index (χ0) is 14.1. The molecule has 0 unspecified atom stereocenters. The van der Waals surface area contributed by atoms with E-state index in [1.165, 1.54) is 22.6 Å². The molecule has 0 bridgehead atoms. The van der Waals surface area contributed by atoms with E-state index in [0.717, 1.165) is 0 Å². The Labute approximate surface area is 118 Å². The third-order valence-electron chi connectivity index (χ3n) is 1.68. The molecule has 1 rings (SSSR count). The van der Waals surface area contributed by atoms with E-state index in [2.05, 4.69) is 4.74 Å². The standard InChI is InChI=1S/C7H3ClF2INO5S/c8-18(15,16)5-2-3(17-7(9)10)1-4(6(5)11)12(13)14/h1-2,7H. The molecule has 0 radical (unpaired) electrons. The number of nitrogens with zero attached hydrogens (tertiary/aromatic N) is 1. The Kier molecular flexibility index (Phi) is 4.66. The molecule has 0 aliphatic carbocycles. The minimum Gasteiger partial charge on any atom is -0.435 e. The van der Waals surface area contributed by atoms with Gasteiger partial charge in [0.15, 0.2) is 0 Å². The normalized spacial score (nSPS) is 11.6. The highest BCUT2D eigenvalue weighted by atomic mass is 127. The van der Waals surface area contributed by atoms with E-state index in [-0.39, 0.29) is 3.57 Å². The van der Waals surface area contributed by atoms with Gasteiger partial charge in [-0.25, -0.2) is 8.42 Å². The lowest BCUT2D eigenvalue weighted by Crippen LogP contribution is -2.06. The molecule has 100 valence electrons. The molecule has 0 saturated heterocycles. The van der Waals surface area contributed by atoms with Crippen molar-refractivity contribution in [3.63, 3.8) is 0 Å². The van der Waals surface area contributed by atoms with Gasteiger partial charge < -0.3 is 4.74 Å². The molecule has 0 fully saturated rings. The Bertz CT molecular complexity index is 594. The summed E-state index contributed by atoms with van der Waals surface area (Å²) in [7, 11) is 0.738. The van der Waals surface area contributed by atoms with Gasteiger partial charge in [0.2, 0.25) is 0 Å². The first-order valence-corrected chi connectivity index (χ1v) is 7.39. The summed E-state index contributed by atoms with van der Waals surface area (Å²) >= 11 is 1.38. The number of nitro benzene ring substituents is 1. The number of nitro groups is 1. The SMILES string of the molecule is O=[N+]([O-])c1cc(OC(F)F)cc(S(=O)(=O)Cl)c1I. The summed E-state index contributed by atoms with van der Waals surface area (Å²) < 4.78 is 50.0. The maximum atomic E-state index is 12.0. The highest BCUT2D eigenvalue weighted by Gasteiger charge is 2.25. The summed E-state index contributed by atoms with van der Waals surface area (Å²) in [4.78, 5) is 9.08. The van der Waals surface area contributed by atoms with Gasteiger partial charge in [-0.2, -0.15) is 8.78 Å². The molecular formula is C7H3ClF2INO5S. The summed E-state index contributed by atoms with van der Waals surface area (Å²) in [5.41, 5.74) is -0.687. The second-order valence-electron chi connectivity index (χ2n) is 2.83. The first kappa shape index (κ1) is 15.3. The second kappa shape index (κ2) is 5.48. The Balaban J connectivity index is 3.52. The van der Waals surface area contributed by atoms with Crippen LogP contribution in [0.1, 0.15) is 0 Å². The quantitative estimate of drug-likeness (QED) is 0.328. The fourth-order valence-electron chi connectivity index (χ4n) is 1.04. The van der Waals surface area contributed by atoms with Crippen LogP contribution >= 0.6 is 33.3 Å². The van der Waals surface area contributed by atoms with Crippen LogP contribution < -0.4 is 4.74 Å². The van der Waals surface area contributed by atoms with E-state index in [1.807, 2.05) is 0 Å². The molecule has 0 heterocycles. The van der Waals surface area contributed by atoms with E-state index >= 15 is 0 Å². The second-order valence-corrected chi connectivity index (χ2v) is 6.44. The van der Waals surface area contributed by atoms with Gasteiger partial charge in [0.05, 0.1) is 11.0 Å². The maximum absolute atomic E-state index is 12.0. The van der Waals surface area contributed by atoms with Crippen LogP contribution in [-0.4, -0.2) is 20.0 Å². The lowest BCUT2D eigenvalue weighted by molar-refractivity contribution is -0.386. The van der Waals surface area contributed by atoms with Gasteiger partial charge in [-0.05, 0) is 22.6 Å². The molecule has 11 heteroatoms. The van der Waals surface area contributed by atoms with Crippen LogP contribution in [0.15, 0.2) is 17.0 Å². The minimum absolute atomic E-state index is 0.283. The summed E-state index contributed by atoms with van der Waals surface area (Å²) in [5, 5.41) is 10.7. The summed E-state index contributed by atoms with van der Waals surface area (Å²) in [5.74, 6) is -0.656. The molecular weight excluding hydrogens is 410 g/mol. The minimum atomic E-state index is -4.31. The van der Waals surface area contributed by atoms with Crippen LogP contribution in [0.2, 0.25) is 0 Å².